The zero-order valence-corrected chi connectivity index (χ0v) is 26.6. The molecular weight excluding hydrogens is 578 g/mol. The topological polar surface area (TPSA) is 135 Å². The lowest BCUT2D eigenvalue weighted by Gasteiger charge is -2.09. The van der Waals surface area contributed by atoms with Gasteiger partial charge in [0.2, 0.25) is 0 Å². The molecule has 13 heteroatoms. The van der Waals surface area contributed by atoms with Crippen LogP contribution in [-0.2, 0) is 42.6 Å². The molecular formula is C31H55NO12. The first kappa shape index (κ1) is 40.1. The second-order valence-corrected chi connectivity index (χ2v) is 9.53. The summed E-state index contributed by atoms with van der Waals surface area (Å²) >= 11 is 0. The Bertz CT molecular complexity index is 741. The molecule has 0 bridgehead atoms. The third kappa shape index (κ3) is 27.6. The van der Waals surface area contributed by atoms with E-state index in [1.54, 1.807) is 12.1 Å². The largest absolute Gasteiger partial charge is 0.491 e. The molecule has 13 nitrogen and oxygen atoms in total. The molecule has 0 aliphatic heterocycles. The van der Waals surface area contributed by atoms with Crippen molar-refractivity contribution < 1.29 is 52.3 Å². The van der Waals surface area contributed by atoms with Crippen molar-refractivity contribution in [1.82, 2.24) is 0 Å². The molecule has 0 heterocycles. The molecule has 0 radical (unpaired) electrons. The van der Waals surface area contributed by atoms with Crippen LogP contribution in [0.15, 0.2) is 24.3 Å². The number of benzene rings is 1. The molecule has 0 fully saturated rings. The summed E-state index contributed by atoms with van der Waals surface area (Å²) in [5.41, 5.74) is 0.0288. The molecule has 0 amide bonds. The summed E-state index contributed by atoms with van der Waals surface area (Å²) in [7, 11) is 0. The summed E-state index contributed by atoms with van der Waals surface area (Å²) in [6.07, 6.45) is 6.25. The van der Waals surface area contributed by atoms with Crippen molar-refractivity contribution in [2.45, 2.75) is 39.0 Å². The Morgan fingerprint density at radius 2 is 0.773 bits per heavy atom. The molecule has 0 aliphatic rings. The lowest BCUT2D eigenvalue weighted by molar-refractivity contribution is -0.384. The zero-order chi connectivity index (χ0) is 31.6. The van der Waals surface area contributed by atoms with Crippen LogP contribution in [-0.4, -0.2) is 130 Å². The minimum atomic E-state index is -0.449. The Hall–Kier alpha value is -1.94. The minimum absolute atomic E-state index is 0.0288. The van der Waals surface area contributed by atoms with Gasteiger partial charge in [-0.1, -0.05) is 32.6 Å². The van der Waals surface area contributed by atoms with Crippen LogP contribution in [0.25, 0.3) is 0 Å². The molecule has 1 aromatic carbocycles. The summed E-state index contributed by atoms with van der Waals surface area (Å²) in [6, 6.07) is 5.92. The van der Waals surface area contributed by atoms with Gasteiger partial charge in [-0.2, -0.15) is 0 Å². The maximum Gasteiger partial charge on any atom is 0.269 e. The fourth-order valence-electron chi connectivity index (χ4n) is 3.55. The number of hydrogen-bond acceptors (Lipinski definition) is 12. The summed E-state index contributed by atoms with van der Waals surface area (Å²) in [5, 5.41) is 10.6. The summed E-state index contributed by atoms with van der Waals surface area (Å²) in [5.74, 6) is 0.560. The van der Waals surface area contributed by atoms with Gasteiger partial charge < -0.3 is 47.4 Å². The van der Waals surface area contributed by atoms with E-state index in [2.05, 4.69) is 6.92 Å². The average Bonchev–Trinajstić information content (AvgIpc) is 3.03. The Morgan fingerprint density at radius 3 is 1.11 bits per heavy atom. The van der Waals surface area contributed by atoms with Crippen molar-refractivity contribution in [2.24, 2.45) is 0 Å². The maximum absolute atomic E-state index is 10.6. The van der Waals surface area contributed by atoms with Gasteiger partial charge in [-0.05, 0) is 18.6 Å². The molecule has 0 atom stereocenters. The molecule has 44 heavy (non-hydrogen) atoms. The fourth-order valence-corrected chi connectivity index (χ4v) is 3.55. The van der Waals surface area contributed by atoms with Crippen LogP contribution < -0.4 is 4.74 Å². The zero-order valence-electron chi connectivity index (χ0n) is 26.6. The second kappa shape index (κ2) is 32.5. The van der Waals surface area contributed by atoms with Crippen LogP contribution >= 0.6 is 0 Å². The maximum atomic E-state index is 10.6. The number of non-ortho nitro benzene ring substituents is 1. The van der Waals surface area contributed by atoms with Gasteiger partial charge in [-0.25, -0.2) is 0 Å². The van der Waals surface area contributed by atoms with E-state index >= 15 is 0 Å². The SMILES string of the molecule is CCCCCCCOCCOCCOCCOCCOCCOCCOCCOCCOCCOc1ccc([N+](=O)[O-])cc1. The first-order chi connectivity index (χ1) is 21.7. The minimum Gasteiger partial charge on any atom is -0.491 e. The van der Waals surface area contributed by atoms with Crippen molar-refractivity contribution in [2.75, 3.05) is 126 Å². The lowest BCUT2D eigenvalue weighted by Crippen LogP contribution is -2.15. The van der Waals surface area contributed by atoms with E-state index in [0.29, 0.717) is 125 Å². The van der Waals surface area contributed by atoms with Gasteiger partial charge in [-0.3, -0.25) is 10.1 Å². The molecule has 0 aromatic heterocycles. The molecule has 0 aliphatic carbocycles. The first-order valence-electron chi connectivity index (χ1n) is 15.8. The van der Waals surface area contributed by atoms with E-state index in [1.807, 2.05) is 0 Å². The van der Waals surface area contributed by atoms with Crippen molar-refractivity contribution >= 4 is 5.69 Å². The van der Waals surface area contributed by atoms with Crippen molar-refractivity contribution in [3.05, 3.63) is 34.4 Å². The average molecular weight is 634 g/mol. The van der Waals surface area contributed by atoms with Crippen LogP contribution in [0.4, 0.5) is 5.69 Å². The number of nitro benzene ring substituents is 1. The Kier molecular flexibility index (Phi) is 29.6. The predicted molar refractivity (Wildman–Crippen MR) is 165 cm³/mol. The molecule has 0 saturated heterocycles. The van der Waals surface area contributed by atoms with Gasteiger partial charge in [-0.15, -0.1) is 0 Å². The summed E-state index contributed by atoms with van der Waals surface area (Å²) in [6.45, 7) is 12.0. The fraction of sp³-hybridized carbons (Fsp3) is 0.806. The number of nitro groups is 1. The Morgan fingerprint density at radius 1 is 0.455 bits per heavy atom. The Labute approximate surface area is 262 Å². The van der Waals surface area contributed by atoms with E-state index in [9.17, 15) is 10.1 Å². The van der Waals surface area contributed by atoms with Gasteiger partial charge in [0, 0.05) is 18.7 Å². The molecule has 0 N–H and O–H groups in total. The first-order valence-corrected chi connectivity index (χ1v) is 15.8. The van der Waals surface area contributed by atoms with E-state index < -0.39 is 4.92 Å². The summed E-state index contributed by atoms with van der Waals surface area (Å²) < 4.78 is 54.7. The van der Waals surface area contributed by atoms with Crippen LogP contribution in [0.2, 0.25) is 0 Å². The number of nitrogens with zero attached hydrogens (tertiary/aromatic N) is 1. The van der Waals surface area contributed by atoms with Crippen molar-refractivity contribution in [3.8, 4) is 5.75 Å². The van der Waals surface area contributed by atoms with E-state index in [-0.39, 0.29) is 5.69 Å². The van der Waals surface area contributed by atoms with Gasteiger partial charge >= 0.3 is 0 Å². The van der Waals surface area contributed by atoms with Crippen LogP contribution in [0.3, 0.4) is 0 Å². The van der Waals surface area contributed by atoms with Gasteiger partial charge in [0.05, 0.1) is 117 Å². The van der Waals surface area contributed by atoms with E-state index in [1.165, 1.54) is 37.8 Å². The third-order valence-electron chi connectivity index (χ3n) is 5.91. The standard InChI is InChI=1S/C31H55NO12/c1-2-3-4-5-6-11-35-12-13-36-14-15-37-16-17-38-18-19-39-20-21-40-22-23-41-24-25-42-26-27-43-28-29-44-31-9-7-30(8-10-31)32(33)34/h7-10H,2-6,11-29H2,1H3. The molecule has 256 valence electrons. The molecule has 1 aromatic rings. The quantitative estimate of drug-likeness (QED) is 0.0605. The monoisotopic (exact) mass is 633 g/mol. The third-order valence-corrected chi connectivity index (χ3v) is 5.91. The highest BCUT2D eigenvalue weighted by atomic mass is 16.6. The van der Waals surface area contributed by atoms with Crippen LogP contribution in [0.1, 0.15) is 39.0 Å². The van der Waals surface area contributed by atoms with Gasteiger partial charge in [0.25, 0.3) is 5.69 Å². The molecule has 0 unspecified atom stereocenters. The summed E-state index contributed by atoms with van der Waals surface area (Å²) in [4.78, 5) is 10.2. The normalized spacial score (nSPS) is 11.3. The number of unbranched alkanes of at least 4 members (excludes halogenated alkanes) is 4. The van der Waals surface area contributed by atoms with E-state index in [4.69, 9.17) is 47.4 Å². The van der Waals surface area contributed by atoms with E-state index in [0.717, 1.165) is 13.0 Å². The number of rotatable bonds is 35. The van der Waals surface area contributed by atoms with Crippen LogP contribution in [0, 0.1) is 10.1 Å². The number of hydrogen-bond donors (Lipinski definition) is 0. The lowest BCUT2D eigenvalue weighted by atomic mass is 10.2. The molecule has 0 saturated carbocycles. The smallest absolute Gasteiger partial charge is 0.269 e. The number of ether oxygens (including phenoxy) is 10. The molecule has 1 rings (SSSR count). The van der Waals surface area contributed by atoms with Crippen molar-refractivity contribution in [1.29, 1.82) is 0 Å². The Balaban J connectivity index is 1.65. The molecule has 0 spiro atoms. The van der Waals surface area contributed by atoms with Crippen LogP contribution in [0.5, 0.6) is 5.75 Å². The predicted octanol–water partition coefficient (Wildman–Crippen LogP) is 4.09. The highest BCUT2D eigenvalue weighted by molar-refractivity contribution is 5.35. The highest BCUT2D eigenvalue weighted by Crippen LogP contribution is 2.17. The van der Waals surface area contributed by atoms with Gasteiger partial charge in [0.1, 0.15) is 12.4 Å². The second-order valence-electron chi connectivity index (χ2n) is 9.53. The highest BCUT2D eigenvalue weighted by Gasteiger charge is 2.04. The van der Waals surface area contributed by atoms with Crippen molar-refractivity contribution in [3.63, 3.8) is 0 Å². The van der Waals surface area contributed by atoms with Gasteiger partial charge in [0.15, 0.2) is 0 Å².